The van der Waals surface area contributed by atoms with Gasteiger partial charge in [-0.1, -0.05) is 43.3 Å². The maximum atomic E-state index is 13.2. The predicted octanol–water partition coefficient (Wildman–Crippen LogP) is 5.86. The molecule has 0 aliphatic heterocycles. The summed E-state index contributed by atoms with van der Waals surface area (Å²) < 4.78 is 13.2. The largest absolute Gasteiger partial charge is 0.322 e. The van der Waals surface area contributed by atoms with Crippen molar-refractivity contribution in [3.05, 3.63) is 95.8 Å². The van der Waals surface area contributed by atoms with Gasteiger partial charge < -0.3 is 5.32 Å². The third-order valence-electron chi connectivity index (χ3n) is 4.70. The molecule has 4 aromatic rings. The number of rotatable bonds is 4. The zero-order chi connectivity index (χ0) is 19.5. The number of amides is 1. The molecule has 0 saturated heterocycles. The van der Waals surface area contributed by atoms with Gasteiger partial charge in [0.05, 0.1) is 16.8 Å². The van der Waals surface area contributed by atoms with Crippen LogP contribution in [0, 0.1) is 5.82 Å². The molecule has 4 rings (SSSR count). The number of pyridine rings is 1. The molecule has 1 heterocycles. The van der Waals surface area contributed by atoms with Crippen LogP contribution in [0.3, 0.4) is 0 Å². The fourth-order valence-electron chi connectivity index (χ4n) is 3.17. The van der Waals surface area contributed by atoms with E-state index in [1.807, 2.05) is 54.6 Å². The van der Waals surface area contributed by atoms with Gasteiger partial charge in [-0.05, 0) is 54.4 Å². The van der Waals surface area contributed by atoms with Gasteiger partial charge in [0, 0.05) is 16.6 Å². The fourth-order valence-corrected chi connectivity index (χ4v) is 3.17. The van der Waals surface area contributed by atoms with Crippen LogP contribution in [0.2, 0.25) is 0 Å². The van der Waals surface area contributed by atoms with E-state index in [2.05, 4.69) is 12.2 Å². The lowest BCUT2D eigenvalue weighted by Gasteiger charge is -2.12. The average Bonchev–Trinajstić information content (AvgIpc) is 2.74. The second-order valence-electron chi connectivity index (χ2n) is 6.59. The standard InChI is InChI=1S/C24H19FN2O/c1-2-16-8-13-22-20(14-16)21(15-23(27-22)17-6-4-3-5-7-17)24(28)26-19-11-9-18(25)10-12-19/h3-15H,2H2,1H3,(H,26,28). The number of carbonyl (C=O) groups excluding carboxylic acids is 1. The Hall–Kier alpha value is -3.53. The summed E-state index contributed by atoms with van der Waals surface area (Å²) in [7, 11) is 0. The third kappa shape index (κ3) is 3.62. The normalized spacial score (nSPS) is 10.8. The lowest BCUT2D eigenvalue weighted by atomic mass is 10.0. The van der Waals surface area contributed by atoms with Crippen LogP contribution in [0.1, 0.15) is 22.8 Å². The molecule has 1 amide bonds. The molecule has 3 aromatic carbocycles. The molecule has 0 aliphatic carbocycles. The Balaban J connectivity index is 1.83. The highest BCUT2D eigenvalue weighted by molar-refractivity contribution is 6.13. The summed E-state index contributed by atoms with van der Waals surface area (Å²) in [6.07, 6.45) is 0.870. The van der Waals surface area contributed by atoms with E-state index in [0.717, 1.165) is 34.1 Å². The Bertz CT molecular complexity index is 1140. The van der Waals surface area contributed by atoms with E-state index in [1.54, 1.807) is 12.1 Å². The summed E-state index contributed by atoms with van der Waals surface area (Å²) in [5.74, 6) is -0.587. The summed E-state index contributed by atoms with van der Waals surface area (Å²) in [5.41, 5.74) is 4.68. The van der Waals surface area contributed by atoms with Crippen molar-refractivity contribution in [1.29, 1.82) is 0 Å². The fraction of sp³-hybridized carbons (Fsp3) is 0.0833. The van der Waals surface area contributed by atoms with Crippen molar-refractivity contribution in [2.45, 2.75) is 13.3 Å². The van der Waals surface area contributed by atoms with E-state index in [1.165, 1.54) is 12.1 Å². The van der Waals surface area contributed by atoms with Gasteiger partial charge in [-0.25, -0.2) is 9.37 Å². The minimum absolute atomic E-state index is 0.246. The summed E-state index contributed by atoms with van der Waals surface area (Å²) in [6, 6.07) is 23.3. The molecule has 0 saturated carbocycles. The molecule has 138 valence electrons. The second kappa shape index (κ2) is 7.61. The molecule has 0 unspecified atom stereocenters. The maximum absolute atomic E-state index is 13.2. The molecule has 0 radical (unpaired) electrons. The molecule has 0 spiro atoms. The Morgan fingerprint density at radius 2 is 1.71 bits per heavy atom. The molecule has 0 fully saturated rings. The van der Waals surface area contributed by atoms with E-state index in [9.17, 15) is 9.18 Å². The maximum Gasteiger partial charge on any atom is 0.256 e. The van der Waals surface area contributed by atoms with Gasteiger partial charge in [0.2, 0.25) is 0 Å². The van der Waals surface area contributed by atoms with Crippen LogP contribution in [-0.2, 0) is 6.42 Å². The number of aryl methyl sites for hydroxylation is 1. The molecule has 28 heavy (non-hydrogen) atoms. The van der Waals surface area contributed by atoms with Gasteiger partial charge in [0.15, 0.2) is 0 Å². The molecular weight excluding hydrogens is 351 g/mol. The highest BCUT2D eigenvalue weighted by Gasteiger charge is 2.15. The first-order chi connectivity index (χ1) is 13.6. The highest BCUT2D eigenvalue weighted by atomic mass is 19.1. The Morgan fingerprint density at radius 3 is 2.43 bits per heavy atom. The van der Waals surface area contributed by atoms with Crippen molar-refractivity contribution in [3.63, 3.8) is 0 Å². The number of anilines is 1. The van der Waals surface area contributed by atoms with Gasteiger partial charge in [0.25, 0.3) is 5.91 Å². The first-order valence-corrected chi connectivity index (χ1v) is 9.20. The lowest BCUT2D eigenvalue weighted by Crippen LogP contribution is -2.13. The van der Waals surface area contributed by atoms with Crippen LogP contribution in [0.25, 0.3) is 22.2 Å². The van der Waals surface area contributed by atoms with Crippen LogP contribution < -0.4 is 5.32 Å². The monoisotopic (exact) mass is 370 g/mol. The van der Waals surface area contributed by atoms with Crippen molar-refractivity contribution in [1.82, 2.24) is 4.98 Å². The van der Waals surface area contributed by atoms with Crippen LogP contribution in [0.5, 0.6) is 0 Å². The quantitative estimate of drug-likeness (QED) is 0.489. The molecule has 0 bridgehead atoms. The smallest absolute Gasteiger partial charge is 0.256 e. The average molecular weight is 370 g/mol. The van der Waals surface area contributed by atoms with Crippen molar-refractivity contribution in [2.24, 2.45) is 0 Å². The van der Waals surface area contributed by atoms with Crippen molar-refractivity contribution < 1.29 is 9.18 Å². The van der Waals surface area contributed by atoms with E-state index in [4.69, 9.17) is 4.98 Å². The summed E-state index contributed by atoms with van der Waals surface area (Å²) in [4.78, 5) is 17.8. The molecule has 3 nitrogen and oxygen atoms in total. The lowest BCUT2D eigenvalue weighted by molar-refractivity contribution is 0.102. The highest BCUT2D eigenvalue weighted by Crippen LogP contribution is 2.26. The number of carbonyl (C=O) groups is 1. The molecule has 1 N–H and O–H groups in total. The van der Waals surface area contributed by atoms with Crippen LogP contribution in [-0.4, -0.2) is 10.9 Å². The van der Waals surface area contributed by atoms with E-state index in [0.29, 0.717) is 11.3 Å². The van der Waals surface area contributed by atoms with E-state index < -0.39 is 0 Å². The number of hydrogen-bond donors (Lipinski definition) is 1. The molecule has 0 atom stereocenters. The van der Waals surface area contributed by atoms with Crippen LogP contribution >= 0.6 is 0 Å². The van der Waals surface area contributed by atoms with Gasteiger partial charge in [-0.15, -0.1) is 0 Å². The van der Waals surface area contributed by atoms with E-state index in [-0.39, 0.29) is 11.7 Å². The number of aromatic nitrogens is 1. The summed E-state index contributed by atoms with van der Waals surface area (Å²) >= 11 is 0. The van der Waals surface area contributed by atoms with Crippen molar-refractivity contribution in [3.8, 4) is 11.3 Å². The molecule has 0 aliphatic rings. The summed E-state index contributed by atoms with van der Waals surface area (Å²) in [6.45, 7) is 2.07. The van der Waals surface area contributed by atoms with Crippen LogP contribution in [0.15, 0.2) is 78.9 Å². The van der Waals surface area contributed by atoms with Crippen molar-refractivity contribution in [2.75, 3.05) is 5.32 Å². The first-order valence-electron chi connectivity index (χ1n) is 9.20. The number of halogens is 1. The zero-order valence-corrected chi connectivity index (χ0v) is 15.4. The Morgan fingerprint density at radius 1 is 0.964 bits per heavy atom. The molecular formula is C24H19FN2O. The Kier molecular flexibility index (Phi) is 4.85. The summed E-state index contributed by atoms with van der Waals surface area (Å²) in [5, 5.41) is 3.66. The number of fused-ring (bicyclic) bond motifs is 1. The van der Waals surface area contributed by atoms with Crippen molar-refractivity contribution >= 4 is 22.5 Å². The number of nitrogens with one attached hydrogen (secondary N) is 1. The second-order valence-corrected chi connectivity index (χ2v) is 6.59. The Labute approximate surface area is 162 Å². The first kappa shape index (κ1) is 17.9. The predicted molar refractivity (Wildman–Crippen MR) is 111 cm³/mol. The third-order valence-corrected chi connectivity index (χ3v) is 4.70. The number of hydrogen-bond acceptors (Lipinski definition) is 2. The molecule has 4 heteroatoms. The van der Waals surface area contributed by atoms with Gasteiger partial charge in [-0.2, -0.15) is 0 Å². The van der Waals surface area contributed by atoms with Gasteiger partial charge >= 0.3 is 0 Å². The zero-order valence-electron chi connectivity index (χ0n) is 15.4. The minimum atomic E-state index is -0.341. The topological polar surface area (TPSA) is 42.0 Å². The molecule has 1 aromatic heterocycles. The minimum Gasteiger partial charge on any atom is -0.322 e. The van der Waals surface area contributed by atoms with Gasteiger partial charge in [0.1, 0.15) is 5.82 Å². The number of nitrogens with zero attached hydrogens (tertiary/aromatic N) is 1. The SMILES string of the molecule is CCc1ccc2nc(-c3ccccc3)cc(C(=O)Nc3ccc(F)cc3)c2c1. The van der Waals surface area contributed by atoms with E-state index >= 15 is 0 Å². The van der Waals surface area contributed by atoms with Gasteiger partial charge in [-0.3, -0.25) is 4.79 Å². The number of benzene rings is 3. The van der Waals surface area contributed by atoms with Crippen LogP contribution in [0.4, 0.5) is 10.1 Å².